The number of esters is 1. The Kier molecular flexibility index (Phi) is 13.1. The average molecular weight is 391 g/mol. The van der Waals surface area contributed by atoms with Crippen molar-refractivity contribution in [3.8, 4) is 5.75 Å². The van der Waals surface area contributed by atoms with Crippen LogP contribution in [0, 0.1) is 5.92 Å². The molecule has 1 aromatic carbocycles. The summed E-state index contributed by atoms with van der Waals surface area (Å²) in [6.45, 7) is 4.39. The van der Waals surface area contributed by atoms with Gasteiger partial charge in [0.2, 0.25) is 0 Å². The molecule has 0 saturated heterocycles. The van der Waals surface area contributed by atoms with Gasteiger partial charge in [0.05, 0.1) is 12.3 Å². The largest absolute Gasteiger partial charge is 0.481 e. The van der Waals surface area contributed by atoms with E-state index < -0.39 is 5.97 Å². The molecule has 1 atom stereocenters. The lowest BCUT2D eigenvalue weighted by molar-refractivity contribution is -0.140. The minimum Gasteiger partial charge on any atom is -0.481 e. The number of ether oxygens (including phenoxy) is 1. The van der Waals surface area contributed by atoms with Gasteiger partial charge in [-0.3, -0.25) is 9.59 Å². The molecular formula is C24H38O4. The minimum atomic E-state index is -0.924. The maximum Gasteiger partial charge on any atom is 0.314 e. The molecule has 1 aromatic rings. The van der Waals surface area contributed by atoms with Gasteiger partial charge in [-0.05, 0) is 18.9 Å². The van der Waals surface area contributed by atoms with Crippen LogP contribution in [0.15, 0.2) is 24.3 Å². The van der Waals surface area contributed by atoms with Gasteiger partial charge < -0.3 is 9.84 Å². The SMILES string of the molecule is CCCCCCCCC(CCCCCC)C(=O)Oc1ccccc1CC(=O)O. The Morgan fingerprint density at radius 3 is 2.00 bits per heavy atom. The first kappa shape index (κ1) is 24.2. The summed E-state index contributed by atoms with van der Waals surface area (Å²) in [5, 5.41) is 9.07. The van der Waals surface area contributed by atoms with Crippen LogP contribution in [0.25, 0.3) is 0 Å². The third-order valence-electron chi connectivity index (χ3n) is 5.17. The van der Waals surface area contributed by atoms with Gasteiger partial charge in [0, 0.05) is 5.56 Å². The van der Waals surface area contributed by atoms with E-state index in [1.54, 1.807) is 24.3 Å². The lowest BCUT2D eigenvalue weighted by Crippen LogP contribution is -2.21. The van der Waals surface area contributed by atoms with Crippen molar-refractivity contribution in [3.05, 3.63) is 29.8 Å². The first-order valence-electron chi connectivity index (χ1n) is 11.1. The van der Waals surface area contributed by atoms with Crippen molar-refractivity contribution < 1.29 is 19.4 Å². The fourth-order valence-corrected chi connectivity index (χ4v) is 3.47. The number of carboxylic acids is 1. The quantitative estimate of drug-likeness (QED) is 0.197. The van der Waals surface area contributed by atoms with Crippen molar-refractivity contribution in [3.63, 3.8) is 0 Å². The molecule has 0 bridgehead atoms. The molecule has 1 N–H and O–H groups in total. The number of unbranched alkanes of at least 4 members (excludes halogenated alkanes) is 8. The minimum absolute atomic E-state index is 0.0964. The number of carbonyl (C=O) groups is 2. The van der Waals surface area contributed by atoms with Crippen LogP contribution in [-0.2, 0) is 16.0 Å². The van der Waals surface area contributed by atoms with E-state index in [0.717, 1.165) is 38.5 Å². The molecule has 0 saturated carbocycles. The van der Waals surface area contributed by atoms with Crippen molar-refractivity contribution in [1.82, 2.24) is 0 Å². The molecule has 0 amide bonds. The number of para-hydroxylation sites is 1. The molecular weight excluding hydrogens is 352 g/mol. The van der Waals surface area contributed by atoms with Gasteiger partial charge in [-0.15, -0.1) is 0 Å². The van der Waals surface area contributed by atoms with Crippen LogP contribution < -0.4 is 4.74 Å². The van der Waals surface area contributed by atoms with Crippen molar-refractivity contribution in [2.45, 2.75) is 97.3 Å². The maximum absolute atomic E-state index is 12.8. The number of rotatable bonds is 16. The zero-order valence-electron chi connectivity index (χ0n) is 17.8. The normalized spacial score (nSPS) is 11.9. The Bertz CT molecular complexity index is 567. The second-order valence-electron chi connectivity index (χ2n) is 7.70. The molecule has 0 radical (unpaired) electrons. The smallest absolute Gasteiger partial charge is 0.314 e. The molecule has 0 fully saturated rings. The van der Waals surface area contributed by atoms with Crippen molar-refractivity contribution in [2.24, 2.45) is 5.92 Å². The molecule has 0 aliphatic rings. The van der Waals surface area contributed by atoms with E-state index in [9.17, 15) is 9.59 Å². The highest BCUT2D eigenvalue weighted by atomic mass is 16.5. The van der Waals surface area contributed by atoms with E-state index in [4.69, 9.17) is 9.84 Å². The van der Waals surface area contributed by atoms with Crippen LogP contribution in [0.3, 0.4) is 0 Å². The summed E-state index contributed by atoms with van der Waals surface area (Å²) in [6, 6.07) is 6.95. The Morgan fingerprint density at radius 1 is 0.857 bits per heavy atom. The van der Waals surface area contributed by atoms with Crippen molar-refractivity contribution >= 4 is 11.9 Å². The molecule has 4 nitrogen and oxygen atoms in total. The molecule has 1 unspecified atom stereocenters. The lowest BCUT2D eigenvalue weighted by atomic mass is 9.94. The third kappa shape index (κ3) is 10.5. The Balaban J connectivity index is 2.63. The summed E-state index contributed by atoms with van der Waals surface area (Å²) in [6.07, 6.45) is 13.4. The molecule has 0 heterocycles. The molecule has 0 aliphatic heterocycles. The maximum atomic E-state index is 12.8. The lowest BCUT2D eigenvalue weighted by Gasteiger charge is -2.17. The highest BCUT2D eigenvalue weighted by molar-refractivity contribution is 5.77. The van der Waals surface area contributed by atoms with Gasteiger partial charge >= 0.3 is 11.9 Å². The number of aliphatic carboxylic acids is 1. The number of benzene rings is 1. The van der Waals surface area contributed by atoms with Gasteiger partial charge in [0.1, 0.15) is 5.75 Å². The van der Waals surface area contributed by atoms with Crippen LogP contribution in [0.1, 0.15) is 96.5 Å². The van der Waals surface area contributed by atoms with Gasteiger partial charge in [-0.25, -0.2) is 0 Å². The van der Waals surface area contributed by atoms with Crippen LogP contribution in [0.5, 0.6) is 5.75 Å². The molecule has 0 spiro atoms. The molecule has 1 rings (SSSR count). The van der Waals surface area contributed by atoms with Gasteiger partial charge in [-0.2, -0.15) is 0 Å². The van der Waals surface area contributed by atoms with Crippen LogP contribution >= 0.6 is 0 Å². The summed E-state index contributed by atoms with van der Waals surface area (Å²) < 4.78 is 5.66. The summed E-state index contributed by atoms with van der Waals surface area (Å²) in [4.78, 5) is 23.9. The van der Waals surface area contributed by atoms with E-state index in [1.165, 1.54) is 38.5 Å². The second kappa shape index (κ2) is 15.1. The summed E-state index contributed by atoms with van der Waals surface area (Å²) in [5.41, 5.74) is 0.549. The number of hydrogen-bond donors (Lipinski definition) is 1. The van der Waals surface area contributed by atoms with E-state index in [-0.39, 0.29) is 18.3 Å². The van der Waals surface area contributed by atoms with E-state index >= 15 is 0 Å². The average Bonchev–Trinajstić information content (AvgIpc) is 2.67. The highest BCUT2D eigenvalue weighted by Crippen LogP contribution is 2.24. The fraction of sp³-hybridized carbons (Fsp3) is 0.667. The van der Waals surface area contributed by atoms with Crippen LogP contribution in [0.2, 0.25) is 0 Å². The third-order valence-corrected chi connectivity index (χ3v) is 5.17. The Morgan fingerprint density at radius 2 is 1.39 bits per heavy atom. The van der Waals surface area contributed by atoms with Gasteiger partial charge in [0.15, 0.2) is 0 Å². The first-order chi connectivity index (χ1) is 13.6. The number of carbonyl (C=O) groups excluding carboxylic acids is 1. The highest BCUT2D eigenvalue weighted by Gasteiger charge is 2.21. The van der Waals surface area contributed by atoms with E-state index in [1.807, 2.05) is 0 Å². The number of hydrogen-bond acceptors (Lipinski definition) is 3. The molecule has 4 heteroatoms. The Hall–Kier alpha value is -1.84. The molecule has 158 valence electrons. The Labute approximate surface area is 170 Å². The zero-order valence-corrected chi connectivity index (χ0v) is 17.8. The van der Waals surface area contributed by atoms with Crippen LogP contribution in [0.4, 0.5) is 0 Å². The standard InChI is InChI=1S/C24H38O4/c1-3-5-7-9-10-12-16-20(15-11-8-6-4-2)24(27)28-22-18-14-13-17-21(22)19-23(25)26/h13-14,17-18,20H,3-12,15-16,19H2,1-2H3,(H,25,26). The summed E-state index contributed by atoms with van der Waals surface area (Å²) in [7, 11) is 0. The van der Waals surface area contributed by atoms with Gasteiger partial charge in [-0.1, -0.05) is 96.3 Å². The summed E-state index contributed by atoms with van der Waals surface area (Å²) in [5.74, 6) is -0.841. The first-order valence-corrected chi connectivity index (χ1v) is 11.1. The monoisotopic (exact) mass is 390 g/mol. The predicted molar refractivity (Wildman–Crippen MR) is 114 cm³/mol. The van der Waals surface area contributed by atoms with E-state index in [2.05, 4.69) is 13.8 Å². The van der Waals surface area contributed by atoms with Crippen molar-refractivity contribution in [1.29, 1.82) is 0 Å². The topological polar surface area (TPSA) is 63.6 Å². The predicted octanol–water partition coefficient (Wildman–Crippen LogP) is 6.56. The van der Waals surface area contributed by atoms with Crippen molar-refractivity contribution in [2.75, 3.05) is 0 Å². The van der Waals surface area contributed by atoms with E-state index in [0.29, 0.717) is 11.3 Å². The van der Waals surface area contributed by atoms with Gasteiger partial charge in [0.25, 0.3) is 0 Å². The molecule has 0 aromatic heterocycles. The molecule has 0 aliphatic carbocycles. The van der Waals surface area contributed by atoms with Crippen LogP contribution in [-0.4, -0.2) is 17.0 Å². The zero-order chi connectivity index (χ0) is 20.6. The molecule has 28 heavy (non-hydrogen) atoms. The second-order valence-corrected chi connectivity index (χ2v) is 7.70. The summed E-state index contributed by atoms with van der Waals surface area (Å²) >= 11 is 0. The number of carboxylic acid groups (broad SMARTS) is 1. The fourth-order valence-electron chi connectivity index (χ4n) is 3.47.